The van der Waals surface area contributed by atoms with E-state index in [1.54, 1.807) is 12.1 Å². The molecular weight excluding hydrogens is 264 g/mol. The van der Waals surface area contributed by atoms with Crippen LogP contribution in [0.4, 0.5) is 14.5 Å². The first-order chi connectivity index (χ1) is 9.63. The topological polar surface area (TPSA) is 41.5 Å². The molecule has 0 spiro atoms. The number of ether oxygens (including phenoxy) is 1. The Kier molecular flexibility index (Phi) is 4.53. The number of aliphatic hydroxyl groups is 1. The van der Waals surface area contributed by atoms with Crippen molar-refractivity contribution in [2.45, 2.75) is 13.2 Å². The molecule has 3 nitrogen and oxygen atoms in total. The minimum atomic E-state index is -0.618. The fourth-order valence-electron chi connectivity index (χ4n) is 1.78. The third-order valence-electron chi connectivity index (χ3n) is 2.93. The summed E-state index contributed by atoms with van der Waals surface area (Å²) in [5, 5.41) is 11.8. The van der Waals surface area contributed by atoms with E-state index >= 15 is 0 Å². The molecule has 0 amide bonds. The van der Waals surface area contributed by atoms with Gasteiger partial charge in [-0.15, -0.1) is 0 Å². The van der Waals surface area contributed by atoms with Crippen molar-refractivity contribution in [2.75, 3.05) is 12.4 Å². The highest BCUT2D eigenvalue weighted by molar-refractivity contribution is 5.49. The lowest BCUT2D eigenvalue weighted by Gasteiger charge is -2.10. The predicted octanol–water partition coefficient (Wildman–Crippen LogP) is 3.08. The number of anilines is 1. The van der Waals surface area contributed by atoms with Crippen LogP contribution in [-0.2, 0) is 13.2 Å². The molecule has 0 bridgehead atoms. The lowest BCUT2D eigenvalue weighted by molar-refractivity contribution is 0.282. The summed E-state index contributed by atoms with van der Waals surface area (Å²) in [6.07, 6.45) is 0. The zero-order chi connectivity index (χ0) is 14.5. The van der Waals surface area contributed by atoms with Gasteiger partial charge in [-0.3, -0.25) is 0 Å². The molecule has 2 rings (SSSR count). The van der Waals surface area contributed by atoms with Crippen LogP contribution in [-0.4, -0.2) is 12.2 Å². The number of hydrogen-bond acceptors (Lipinski definition) is 3. The SMILES string of the molecule is COc1cc(F)c(NCc2ccc(CO)cc2)cc1F. The van der Waals surface area contributed by atoms with Gasteiger partial charge in [0.15, 0.2) is 11.6 Å². The van der Waals surface area contributed by atoms with Crippen LogP contribution in [0.15, 0.2) is 36.4 Å². The van der Waals surface area contributed by atoms with Crippen molar-refractivity contribution < 1.29 is 18.6 Å². The first kappa shape index (κ1) is 14.3. The Hall–Kier alpha value is -2.14. The second kappa shape index (κ2) is 6.34. The van der Waals surface area contributed by atoms with Crippen LogP contribution in [0.2, 0.25) is 0 Å². The molecule has 0 atom stereocenters. The number of rotatable bonds is 5. The van der Waals surface area contributed by atoms with Gasteiger partial charge in [0.05, 0.1) is 19.4 Å². The Labute approximate surface area is 115 Å². The molecule has 0 aliphatic rings. The first-order valence-corrected chi connectivity index (χ1v) is 6.09. The Bertz CT molecular complexity index is 585. The molecule has 2 aromatic carbocycles. The van der Waals surface area contributed by atoms with E-state index in [1.165, 1.54) is 7.11 Å². The van der Waals surface area contributed by atoms with Crippen molar-refractivity contribution >= 4 is 5.69 Å². The maximum Gasteiger partial charge on any atom is 0.167 e. The second-order valence-electron chi connectivity index (χ2n) is 4.29. The summed E-state index contributed by atoms with van der Waals surface area (Å²) < 4.78 is 31.9. The highest BCUT2D eigenvalue weighted by Gasteiger charge is 2.10. The van der Waals surface area contributed by atoms with Gasteiger partial charge < -0.3 is 15.2 Å². The maximum atomic E-state index is 13.7. The van der Waals surface area contributed by atoms with Gasteiger partial charge in [0.1, 0.15) is 5.82 Å². The molecule has 0 fully saturated rings. The Balaban J connectivity index is 2.08. The quantitative estimate of drug-likeness (QED) is 0.883. The number of halogens is 2. The van der Waals surface area contributed by atoms with Crippen molar-refractivity contribution in [1.29, 1.82) is 0 Å². The average Bonchev–Trinajstić information content (AvgIpc) is 2.48. The number of hydrogen-bond donors (Lipinski definition) is 2. The third-order valence-corrected chi connectivity index (χ3v) is 2.93. The highest BCUT2D eigenvalue weighted by Crippen LogP contribution is 2.25. The van der Waals surface area contributed by atoms with E-state index in [4.69, 9.17) is 9.84 Å². The minimum Gasteiger partial charge on any atom is -0.494 e. The van der Waals surface area contributed by atoms with Crippen LogP contribution in [0.1, 0.15) is 11.1 Å². The molecule has 106 valence electrons. The van der Waals surface area contributed by atoms with Crippen molar-refractivity contribution in [2.24, 2.45) is 0 Å². The smallest absolute Gasteiger partial charge is 0.167 e. The Morgan fingerprint density at radius 3 is 2.30 bits per heavy atom. The van der Waals surface area contributed by atoms with Gasteiger partial charge in [-0.1, -0.05) is 24.3 Å². The number of nitrogens with one attached hydrogen (secondary N) is 1. The molecule has 0 saturated carbocycles. The molecule has 5 heteroatoms. The van der Waals surface area contributed by atoms with Gasteiger partial charge in [0.2, 0.25) is 0 Å². The molecule has 0 heterocycles. The molecule has 0 aromatic heterocycles. The lowest BCUT2D eigenvalue weighted by atomic mass is 10.1. The van der Waals surface area contributed by atoms with E-state index in [2.05, 4.69) is 5.32 Å². The first-order valence-electron chi connectivity index (χ1n) is 6.09. The zero-order valence-electron chi connectivity index (χ0n) is 11.0. The van der Waals surface area contributed by atoms with E-state index in [-0.39, 0.29) is 18.0 Å². The summed E-state index contributed by atoms with van der Waals surface area (Å²) in [4.78, 5) is 0. The van der Waals surface area contributed by atoms with Crippen LogP contribution in [0, 0.1) is 11.6 Å². The van der Waals surface area contributed by atoms with E-state index in [1.807, 2.05) is 12.1 Å². The van der Waals surface area contributed by atoms with Gasteiger partial charge in [-0.2, -0.15) is 0 Å². The van der Waals surface area contributed by atoms with Crippen molar-refractivity contribution in [3.05, 3.63) is 59.2 Å². The van der Waals surface area contributed by atoms with Gasteiger partial charge in [0.25, 0.3) is 0 Å². The van der Waals surface area contributed by atoms with Crippen LogP contribution in [0.25, 0.3) is 0 Å². The van der Waals surface area contributed by atoms with Crippen LogP contribution >= 0.6 is 0 Å². The highest BCUT2D eigenvalue weighted by atomic mass is 19.1. The standard InChI is InChI=1S/C15H15F2NO2/c1-20-15-7-12(16)14(6-13(15)17)18-8-10-2-4-11(9-19)5-3-10/h2-7,18-19H,8-9H2,1H3. The van der Waals surface area contributed by atoms with E-state index < -0.39 is 11.6 Å². The number of methoxy groups -OCH3 is 1. The molecule has 0 radical (unpaired) electrons. The molecule has 0 unspecified atom stereocenters. The maximum absolute atomic E-state index is 13.7. The second-order valence-corrected chi connectivity index (χ2v) is 4.29. The van der Waals surface area contributed by atoms with Crippen LogP contribution in [0.3, 0.4) is 0 Å². The largest absolute Gasteiger partial charge is 0.494 e. The molecule has 2 N–H and O–H groups in total. The van der Waals surface area contributed by atoms with E-state index in [9.17, 15) is 8.78 Å². The molecule has 0 aliphatic carbocycles. The Morgan fingerprint density at radius 1 is 1.05 bits per heavy atom. The summed E-state index contributed by atoms with van der Waals surface area (Å²) in [5.74, 6) is -1.32. The zero-order valence-corrected chi connectivity index (χ0v) is 11.0. The summed E-state index contributed by atoms with van der Waals surface area (Å²) in [5.41, 5.74) is 1.78. The van der Waals surface area contributed by atoms with Gasteiger partial charge in [0, 0.05) is 18.7 Å². The van der Waals surface area contributed by atoms with E-state index in [0.29, 0.717) is 6.54 Å². The molecule has 0 aliphatic heterocycles. The summed E-state index contributed by atoms with van der Waals surface area (Å²) in [6, 6.07) is 9.26. The summed E-state index contributed by atoms with van der Waals surface area (Å²) >= 11 is 0. The van der Waals surface area contributed by atoms with Crippen LogP contribution < -0.4 is 10.1 Å². The summed E-state index contributed by atoms with van der Waals surface area (Å²) in [6.45, 7) is 0.334. The predicted molar refractivity (Wildman–Crippen MR) is 72.6 cm³/mol. The number of benzene rings is 2. The lowest BCUT2D eigenvalue weighted by Crippen LogP contribution is -2.03. The van der Waals surface area contributed by atoms with E-state index in [0.717, 1.165) is 23.3 Å². The molecule has 0 saturated heterocycles. The van der Waals surface area contributed by atoms with Crippen molar-refractivity contribution in [1.82, 2.24) is 0 Å². The average molecular weight is 279 g/mol. The molecule has 2 aromatic rings. The molecular formula is C15H15F2NO2. The number of aliphatic hydroxyl groups excluding tert-OH is 1. The third kappa shape index (κ3) is 3.24. The Morgan fingerprint density at radius 2 is 1.70 bits per heavy atom. The fraction of sp³-hybridized carbons (Fsp3) is 0.200. The van der Waals surface area contributed by atoms with Gasteiger partial charge in [-0.25, -0.2) is 8.78 Å². The summed E-state index contributed by atoms with van der Waals surface area (Å²) in [7, 11) is 1.29. The van der Waals surface area contributed by atoms with Gasteiger partial charge in [-0.05, 0) is 11.1 Å². The fourth-order valence-corrected chi connectivity index (χ4v) is 1.78. The monoisotopic (exact) mass is 279 g/mol. The van der Waals surface area contributed by atoms with Crippen LogP contribution in [0.5, 0.6) is 5.75 Å². The van der Waals surface area contributed by atoms with Crippen molar-refractivity contribution in [3.63, 3.8) is 0 Å². The minimum absolute atomic E-state index is 0.0218. The normalized spacial score (nSPS) is 10.4. The molecule has 20 heavy (non-hydrogen) atoms. The van der Waals surface area contributed by atoms with Gasteiger partial charge >= 0.3 is 0 Å². The van der Waals surface area contributed by atoms with Crippen molar-refractivity contribution in [3.8, 4) is 5.75 Å².